The third kappa shape index (κ3) is 11.3. The van der Waals surface area contributed by atoms with Gasteiger partial charge < -0.3 is 25.8 Å². The van der Waals surface area contributed by atoms with Gasteiger partial charge in [-0.1, -0.05) is 51.5 Å². The number of pyridine rings is 1. The number of hydrogen-bond donors (Lipinski definition) is 3. The molecule has 1 amide bonds. The zero-order valence-corrected chi connectivity index (χ0v) is 35.5. The predicted molar refractivity (Wildman–Crippen MR) is 205 cm³/mol. The van der Waals surface area contributed by atoms with Crippen LogP contribution in [0.1, 0.15) is 100 Å². The average Bonchev–Trinajstić information content (AvgIpc) is 3.74. The SMILES string of the molecule is CSc1nnc(C(C)(C)C)c(=O)n1N.Cc1cnc(C2=NC(C)(C(C)C)C(=O)N2)c(C(=O)O)c1.Cn1nc(C(F)(F)F)c(CS(=O)(=O)C2=NOC(C)(C)C2)c1OC(F)F. The number of aliphatic imine (C=N–C) groups is 1. The molecule has 3 aromatic heterocycles. The summed E-state index contributed by atoms with van der Waals surface area (Å²) in [7, 11) is -3.43. The number of aromatic carboxylic acids is 1. The van der Waals surface area contributed by atoms with E-state index in [2.05, 4.69) is 40.5 Å². The lowest BCUT2D eigenvalue weighted by atomic mass is 9.89. The Hall–Kier alpha value is -5.20. The van der Waals surface area contributed by atoms with E-state index in [1.54, 1.807) is 26.3 Å². The van der Waals surface area contributed by atoms with Crippen LogP contribution in [0.15, 0.2) is 32.4 Å². The molecule has 0 bridgehead atoms. The van der Waals surface area contributed by atoms with Crippen LogP contribution < -0.4 is 21.5 Å². The summed E-state index contributed by atoms with van der Waals surface area (Å²) in [6.45, 7) is 12.6. The first kappa shape index (κ1) is 48.2. The molecule has 5 rings (SSSR count). The van der Waals surface area contributed by atoms with Crippen molar-refractivity contribution in [3.8, 4) is 5.88 Å². The van der Waals surface area contributed by atoms with E-state index in [0.29, 0.717) is 15.5 Å². The number of carbonyl (C=O) groups is 2. The van der Waals surface area contributed by atoms with Gasteiger partial charge in [0.25, 0.3) is 11.5 Å². The fourth-order valence-corrected chi connectivity index (χ4v) is 7.08. The van der Waals surface area contributed by atoms with Crippen LogP contribution in [0.3, 0.4) is 0 Å². The van der Waals surface area contributed by atoms with Crippen molar-refractivity contribution in [2.75, 3.05) is 12.1 Å². The fourth-order valence-electron chi connectivity index (χ4n) is 5.15. The number of thioether (sulfide) groups is 1. The first-order chi connectivity index (χ1) is 26.9. The quantitative estimate of drug-likeness (QED) is 0.163. The summed E-state index contributed by atoms with van der Waals surface area (Å²) in [4.78, 5) is 48.5. The molecule has 0 fully saturated rings. The molecule has 4 N–H and O–H groups in total. The molecule has 0 aromatic carbocycles. The minimum absolute atomic E-state index is 0.00118. The lowest BCUT2D eigenvalue weighted by Gasteiger charge is -2.21. The van der Waals surface area contributed by atoms with Gasteiger partial charge in [-0.3, -0.25) is 14.6 Å². The Balaban J connectivity index is 0.000000246. The van der Waals surface area contributed by atoms with E-state index in [9.17, 15) is 49.9 Å². The number of alkyl halides is 5. The molecule has 0 saturated heterocycles. The summed E-state index contributed by atoms with van der Waals surface area (Å²) in [6, 6.07) is 1.52. The number of amidine groups is 1. The minimum atomic E-state index is -5.06. The standard InChI is InChI=1S/C14H17N3O3.C12H14F5N3O4S.C8H14N4OS/c1-7(2)14(4)13(20)16-11(17-14)10-9(12(18)19)5-8(3)6-15-10;1-11(2)4-7(19-24-11)25(21,22)5-6-8(12(15,16)17)18-20(3)9(6)23-10(13)14;1-8(2,3)5-6(13)12(9)7(14-4)11-10-5/h5-7H,1-4H3,(H,18,19)(H,16,17,20);10H,4-5H2,1-3H3;9H2,1-4H3. The van der Waals surface area contributed by atoms with Crippen molar-refractivity contribution in [2.24, 2.45) is 23.1 Å². The molecule has 326 valence electrons. The number of sulfone groups is 1. The van der Waals surface area contributed by atoms with Crippen molar-refractivity contribution in [1.82, 2.24) is 35.0 Å². The normalized spacial score (nSPS) is 17.6. The van der Waals surface area contributed by atoms with Crippen LogP contribution in [0.25, 0.3) is 0 Å². The van der Waals surface area contributed by atoms with E-state index in [4.69, 9.17) is 10.7 Å². The summed E-state index contributed by atoms with van der Waals surface area (Å²) in [5.74, 6) is 2.23. The summed E-state index contributed by atoms with van der Waals surface area (Å²) >= 11 is 1.29. The number of nitrogen functional groups attached to an aromatic ring is 1. The van der Waals surface area contributed by atoms with E-state index in [0.717, 1.165) is 17.3 Å². The van der Waals surface area contributed by atoms with Crippen LogP contribution in [0.5, 0.6) is 5.88 Å². The molecule has 0 aliphatic carbocycles. The summed E-state index contributed by atoms with van der Waals surface area (Å²) in [5, 5.41) is 26.1. The number of halogens is 5. The Morgan fingerprint density at radius 2 is 1.75 bits per heavy atom. The highest BCUT2D eigenvalue weighted by Crippen LogP contribution is 2.38. The number of nitrogens with one attached hydrogen (secondary N) is 1. The van der Waals surface area contributed by atoms with Crippen LogP contribution >= 0.6 is 11.8 Å². The molecule has 0 radical (unpaired) electrons. The van der Waals surface area contributed by atoms with Crippen molar-refractivity contribution >= 4 is 44.4 Å². The molecule has 1 unspecified atom stereocenters. The van der Waals surface area contributed by atoms with Crippen LogP contribution in [0, 0.1) is 12.8 Å². The summed E-state index contributed by atoms with van der Waals surface area (Å²) < 4.78 is 94.4. The van der Waals surface area contributed by atoms with Gasteiger partial charge in [-0.25, -0.2) is 22.9 Å². The summed E-state index contributed by atoms with van der Waals surface area (Å²) in [6.07, 6.45) is -1.87. The smallest absolute Gasteiger partial charge is 0.435 e. The molecular formula is C34H45F5N10O8S2. The monoisotopic (exact) mass is 880 g/mol. The van der Waals surface area contributed by atoms with E-state index >= 15 is 0 Å². The molecule has 2 aliphatic heterocycles. The summed E-state index contributed by atoms with van der Waals surface area (Å²) in [5.41, 5.74) is -3.71. The number of carboxylic acids is 1. The van der Waals surface area contributed by atoms with E-state index in [1.807, 2.05) is 34.6 Å². The number of hydrogen-bond acceptors (Lipinski definition) is 15. The van der Waals surface area contributed by atoms with Crippen molar-refractivity contribution in [3.05, 3.63) is 56.4 Å². The highest BCUT2D eigenvalue weighted by molar-refractivity contribution is 8.05. The first-order valence-electron chi connectivity index (χ1n) is 17.3. The second-order valence-electron chi connectivity index (χ2n) is 15.3. The third-order valence-electron chi connectivity index (χ3n) is 8.62. The second kappa shape index (κ2) is 17.6. The van der Waals surface area contributed by atoms with Gasteiger partial charge in [-0.05, 0) is 51.5 Å². The number of nitrogens with two attached hydrogens (primary N) is 1. The van der Waals surface area contributed by atoms with Crippen LogP contribution in [-0.2, 0) is 43.9 Å². The predicted octanol–water partition coefficient (Wildman–Crippen LogP) is 4.22. The van der Waals surface area contributed by atoms with Gasteiger partial charge in [0.05, 0.1) is 16.9 Å². The molecule has 3 aromatic rings. The number of aromatic nitrogens is 6. The number of carboxylic acid groups (broad SMARTS) is 1. The number of oxime groups is 1. The van der Waals surface area contributed by atoms with Crippen molar-refractivity contribution in [1.29, 1.82) is 0 Å². The van der Waals surface area contributed by atoms with Gasteiger partial charge in [0.2, 0.25) is 11.0 Å². The Bertz CT molecular complexity index is 2320. The third-order valence-corrected chi connectivity index (χ3v) is 10.9. The number of carbonyl (C=O) groups excluding carboxylic acids is 1. The molecule has 2 aliphatic rings. The Kier molecular flexibility index (Phi) is 14.3. The zero-order chi connectivity index (χ0) is 45.2. The lowest BCUT2D eigenvalue weighted by Crippen LogP contribution is -2.41. The Morgan fingerprint density at radius 3 is 2.20 bits per heavy atom. The van der Waals surface area contributed by atoms with E-state index < -0.39 is 67.7 Å². The molecule has 25 heteroatoms. The molecular weight excluding hydrogens is 836 g/mol. The highest BCUT2D eigenvalue weighted by atomic mass is 32.2. The maximum atomic E-state index is 13.1. The largest absolute Gasteiger partial charge is 0.478 e. The zero-order valence-electron chi connectivity index (χ0n) is 33.9. The average molecular weight is 881 g/mol. The van der Waals surface area contributed by atoms with Gasteiger partial charge in [-0.15, -0.1) is 10.2 Å². The van der Waals surface area contributed by atoms with E-state index in [1.165, 1.54) is 31.7 Å². The topological polar surface area (TPSA) is 248 Å². The number of amides is 1. The van der Waals surface area contributed by atoms with Crippen LogP contribution in [0.4, 0.5) is 22.0 Å². The highest BCUT2D eigenvalue weighted by Gasteiger charge is 2.44. The number of aryl methyl sites for hydroxylation is 2. The first-order valence-corrected chi connectivity index (χ1v) is 20.2. The minimum Gasteiger partial charge on any atom is -0.478 e. The molecule has 59 heavy (non-hydrogen) atoms. The molecule has 1 atom stereocenters. The number of nitrogens with zero attached hydrogens (tertiary/aromatic N) is 8. The number of rotatable bonds is 8. The second-order valence-corrected chi connectivity index (χ2v) is 18.1. The molecule has 18 nitrogen and oxygen atoms in total. The maximum absolute atomic E-state index is 13.1. The fraction of sp³-hybridized carbons (Fsp3) is 0.559. The Labute approximate surface area is 339 Å². The van der Waals surface area contributed by atoms with Gasteiger partial charge in [0.15, 0.2) is 26.4 Å². The van der Waals surface area contributed by atoms with E-state index in [-0.39, 0.29) is 46.3 Å². The lowest BCUT2D eigenvalue weighted by molar-refractivity contribution is -0.142. The van der Waals surface area contributed by atoms with Gasteiger partial charge in [-0.2, -0.15) is 31.7 Å². The molecule has 5 heterocycles. The van der Waals surface area contributed by atoms with Crippen molar-refractivity contribution in [3.63, 3.8) is 0 Å². The maximum Gasteiger partial charge on any atom is 0.435 e. The van der Waals surface area contributed by atoms with Gasteiger partial charge >= 0.3 is 18.8 Å². The molecule has 0 saturated carbocycles. The van der Waals surface area contributed by atoms with Gasteiger partial charge in [0, 0.05) is 25.1 Å². The van der Waals surface area contributed by atoms with Gasteiger partial charge in [0.1, 0.15) is 22.5 Å². The van der Waals surface area contributed by atoms with Crippen LogP contribution in [0.2, 0.25) is 0 Å². The van der Waals surface area contributed by atoms with Crippen molar-refractivity contribution in [2.45, 2.75) is 109 Å². The van der Waals surface area contributed by atoms with Crippen molar-refractivity contribution < 1.29 is 54.6 Å². The number of ether oxygens (including phenoxy) is 1. The Morgan fingerprint density at radius 1 is 1.14 bits per heavy atom. The molecule has 0 spiro atoms. The van der Waals surface area contributed by atoms with Crippen LogP contribution in [-0.4, -0.2) is 89.9 Å².